The minimum Gasteiger partial charge on any atom is -0.296 e. The number of allylic oxidation sites excluding steroid dienone is 1. The Bertz CT molecular complexity index is 1230. The number of benzene rings is 2. The van der Waals surface area contributed by atoms with Crippen LogP contribution in [0.15, 0.2) is 57.8 Å². The molecule has 10 heteroatoms. The predicted octanol–water partition coefficient (Wildman–Crippen LogP) is 4.09. The third-order valence-electron chi connectivity index (χ3n) is 3.74. The highest BCUT2D eigenvalue weighted by molar-refractivity contribution is 7.97. The fourth-order valence-electron chi connectivity index (χ4n) is 2.22. The molecule has 0 spiro atoms. The molecule has 1 amide bonds. The van der Waals surface area contributed by atoms with Gasteiger partial charge in [0.2, 0.25) is 19.3 Å². The Morgan fingerprint density at radius 3 is 2.41 bits per heavy atom. The number of amides is 1. The second kappa shape index (κ2) is 8.53. The van der Waals surface area contributed by atoms with Crippen LogP contribution in [0, 0.1) is 18.3 Å². The first-order valence-electron chi connectivity index (χ1n) is 8.13. The summed E-state index contributed by atoms with van der Waals surface area (Å²) in [7, 11) is -4.17. The van der Waals surface area contributed by atoms with Gasteiger partial charge in [-0.05, 0) is 42.8 Å². The van der Waals surface area contributed by atoms with E-state index in [2.05, 4.69) is 15.5 Å². The molecule has 0 atom stereocenters. The lowest BCUT2D eigenvalue weighted by Gasteiger charge is -2.01. The Labute approximate surface area is 176 Å². The largest absolute Gasteiger partial charge is 0.296 e. The van der Waals surface area contributed by atoms with Crippen molar-refractivity contribution in [2.24, 2.45) is 0 Å². The van der Waals surface area contributed by atoms with Crippen molar-refractivity contribution in [2.45, 2.75) is 11.3 Å². The molecule has 0 saturated heterocycles. The summed E-state index contributed by atoms with van der Waals surface area (Å²) in [6, 6.07) is 14.9. The number of nitrogens with zero attached hydrogens (tertiary/aromatic N) is 3. The minimum atomic E-state index is -4.17. The summed E-state index contributed by atoms with van der Waals surface area (Å²) in [4.78, 5) is 11.7. The molecular formula is C19H13ClN4O3S2. The molecule has 0 saturated carbocycles. The van der Waals surface area contributed by atoms with E-state index in [0.717, 1.165) is 5.56 Å². The first-order valence-corrected chi connectivity index (χ1v) is 10.8. The molecule has 0 fully saturated rings. The van der Waals surface area contributed by atoms with E-state index >= 15 is 0 Å². The lowest BCUT2D eigenvalue weighted by Crippen LogP contribution is -2.11. The molecule has 0 radical (unpaired) electrons. The van der Waals surface area contributed by atoms with E-state index in [9.17, 15) is 18.5 Å². The standard InChI is InChI=1S/C19H13ClN4O3S2/c1-12-2-4-13(5-3-12)10-16(11-21)29(26,27)19-24-23-18(28-19)22-17(25)14-6-8-15(20)9-7-14/h2-10H,1H3,(H,22,23,25)/b16-10+. The van der Waals surface area contributed by atoms with E-state index in [1.54, 1.807) is 30.3 Å². The fraction of sp³-hybridized carbons (Fsp3) is 0.0526. The van der Waals surface area contributed by atoms with Crippen molar-refractivity contribution in [3.63, 3.8) is 0 Å². The number of nitriles is 1. The number of hydrogen-bond acceptors (Lipinski definition) is 7. The van der Waals surface area contributed by atoms with Crippen molar-refractivity contribution in [2.75, 3.05) is 5.32 Å². The Morgan fingerprint density at radius 2 is 1.79 bits per heavy atom. The first kappa shape index (κ1) is 20.7. The molecule has 1 N–H and O–H groups in total. The molecule has 0 aliphatic rings. The van der Waals surface area contributed by atoms with Gasteiger partial charge in [-0.2, -0.15) is 5.26 Å². The van der Waals surface area contributed by atoms with Crippen LogP contribution in [-0.4, -0.2) is 24.5 Å². The number of halogens is 1. The van der Waals surface area contributed by atoms with E-state index in [1.807, 2.05) is 19.1 Å². The van der Waals surface area contributed by atoms with E-state index < -0.39 is 20.6 Å². The zero-order valence-electron chi connectivity index (χ0n) is 15.0. The van der Waals surface area contributed by atoms with Gasteiger partial charge in [0.25, 0.3) is 5.91 Å². The highest BCUT2D eigenvalue weighted by atomic mass is 35.5. The molecule has 29 heavy (non-hydrogen) atoms. The quantitative estimate of drug-likeness (QED) is 0.468. The number of rotatable bonds is 5. The van der Waals surface area contributed by atoms with Crippen molar-refractivity contribution in [3.05, 3.63) is 75.1 Å². The van der Waals surface area contributed by atoms with Gasteiger partial charge in [0.15, 0.2) is 4.91 Å². The zero-order valence-corrected chi connectivity index (χ0v) is 17.3. The van der Waals surface area contributed by atoms with Gasteiger partial charge in [0.1, 0.15) is 6.07 Å². The summed E-state index contributed by atoms with van der Waals surface area (Å²) >= 11 is 6.45. The maximum atomic E-state index is 12.7. The highest BCUT2D eigenvalue weighted by Gasteiger charge is 2.26. The summed E-state index contributed by atoms with van der Waals surface area (Å²) < 4.78 is 25.1. The van der Waals surface area contributed by atoms with Crippen molar-refractivity contribution < 1.29 is 13.2 Å². The number of nitrogens with one attached hydrogen (secondary N) is 1. The lowest BCUT2D eigenvalue weighted by molar-refractivity contribution is 0.102. The summed E-state index contributed by atoms with van der Waals surface area (Å²) in [5.74, 6) is -0.488. The van der Waals surface area contributed by atoms with Gasteiger partial charge in [-0.1, -0.05) is 52.8 Å². The number of anilines is 1. The van der Waals surface area contributed by atoms with Crippen molar-refractivity contribution >= 4 is 49.9 Å². The fourth-order valence-corrected chi connectivity index (χ4v) is 4.51. The molecule has 146 valence electrons. The van der Waals surface area contributed by atoms with Crippen molar-refractivity contribution in [1.82, 2.24) is 10.2 Å². The number of carbonyl (C=O) groups is 1. The van der Waals surface area contributed by atoms with Crippen LogP contribution in [0.3, 0.4) is 0 Å². The average Bonchev–Trinajstić information content (AvgIpc) is 3.17. The highest BCUT2D eigenvalue weighted by Crippen LogP contribution is 2.27. The van der Waals surface area contributed by atoms with Gasteiger partial charge < -0.3 is 0 Å². The van der Waals surface area contributed by atoms with Gasteiger partial charge in [-0.3, -0.25) is 10.1 Å². The topological polar surface area (TPSA) is 113 Å². The first-order chi connectivity index (χ1) is 13.8. The van der Waals surface area contributed by atoms with Gasteiger partial charge in [-0.25, -0.2) is 8.42 Å². The number of sulfone groups is 1. The molecule has 0 bridgehead atoms. The number of aromatic nitrogens is 2. The SMILES string of the molecule is Cc1ccc(/C=C(\C#N)S(=O)(=O)c2nnc(NC(=O)c3ccc(Cl)cc3)s2)cc1. The van der Waals surface area contributed by atoms with Gasteiger partial charge in [-0.15, -0.1) is 10.2 Å². The third-order valence-corrected chi connectivity index (χ3v) is 6.86. The molecule has 3 rings (SSSR count). The maximum Gasteiger partial charge on any atom is 0.257 e. The minimum absolute atomic E-state index is 0.00356. The predicted molar refractivity (Wildman–Crippen MR) is 111 cm³/mol. The van der Waals surface area contributed by atoms with Crippen molar-refractivity contribution in [3.8, 4) is 6.07 Å². The van der Waals surface area contributed by atoms with Crippen LogP contribution in [0.2, 0.25) is 5.02 Å². The number of carbonyl (C=O) groups excluding carboxylic acids is 1. The molecule has 2 aromatic carbocycles. The van der Waals surface area contributed by atoms with E-state index in [0.29, 0.717) is 27.5 Å². The van der Waals surface area contributed by atoms with Crippen LogP contribution >= 0.6 is 22.9 Å². The molecule has 1 aromatic heterocycles. The van der Waals surface area contributed by atoms with Crippen LogP contribution < -0.4 is 5.32 Å². The van der Waals surface area contributed by atoms with Crippen LogP contribution in [0.4, 0.5) is 5.13 Å². The summed E-state index contributed by atoms with van der Waals surface area (Å²) in [5, 5.41) is 19.6. The van der Waals surface area contributed by atoms with Crippen LogP contribution in [-0.2, 0) is 9.84 Å². The van der Waals surface area contributed by atoms with Crippen LogP contribution in [0.25, 0.3) is 6.08 Å². The Kier molecular flexibility index (Phi) is 6.08. The van der Waals surface area contributed by atoms with E-state index in [4.69, 9.17) is 11.6 Å². The smallest absolute Gasteiger partial charge is 0.257 e. The third kappa shape index (κ3) is 4.86. The maximum absolute atomic E-state index is 12.7. The monoisotopic (exact) mass is 444 g/mol. The Morgan fingerprint density at radius 1 is 1.14 bits per heavy atom. The van der Waals surface area contributed by atoms with Gasteiger partial charge >= 0.3 is 0 Å². The molecule has 1 heterocycles. The van der Waals surface area contributed by atoms with Gasteiger partial charge in [0.05, 0.1) is 0 Å². The van der Waals surface area contributed by atoms with Crippen LogP contribution in [0.1, 0.15) is 21.5 Å². The molecule has 0 aliphatic heterocycles. The molecule has 3 aromatic rings. The van der Waals surface area contributed by atoms with E-state index in [1.165, 1.54) is 18.2 Å². The molecule has 7 nitrogen and oxygen atoms in total. The molecular weight excluding hydrogens is 432 g/mol. The average molecular weight is 445 g/mol. The molecule has 0 aliphatic carbocycles. The van der Waals surface area contributed by atoms with Crippen molar-refractivity contribution in [1.29, 1.82) is 5.26 Å². The molecule has 0 unspecified atom stereocenters. The van der Waals surface area contributed by atoms with Gasteiger partial charge in [0, 0.05) is 10.6 Å². The normalized spacial score (nSPS) is 11.7. The number of aryl methyl sites for hydroxylation is 1. The summed E-state index contributed by atoms with van der Waals surface area (Å²) in [5.41, 5.74) is 1.90. The van der Waals surface area contributed by atoms with E-state index in [-0.39, 0.29) is 9.47 Å². The van der Waals surface area contributed by atoms with Crippen LogP contribution in [0.5, 0.6) is 0 Å². The second-order valence-electron chi connectivity index (χ2n) is 5.87. The Balaban J connectivity index is 1.83. The second-order valence-corrected chi connectivity index (χ2v) is 9.37. The Hall–Kier alpha value is -3.06. The summed E-state index contributed by atoms with van der Waals surface area (Å²) in [6.45, 7) is 1.90. The summed E-state index contributed by atoms with van der Waals surface area (Å²) in [6.07, 6.45) is 1.27. The zero-order chi connectivity index (χ0) is 21.0. The lowest BCUT2D eigenvalue weighted by atomic mass is 10.1. The number of hydrogen-bond donors (Lipinski definition) is 1.